The van der Waals surface area contributed by atoms with E-state index in [1.165, 1.54) is 0 Å². The van der Waals surface area contributed by atoms with E-state index in [9.17, 15) is 4.79 Å². The molecule has 1 amide bonds. The second-order valence-electron chi connectivity index (χ2n) is 3.24. The summed E-state index contributed by atoms with van der Waals surface area (Å²) in [5.74, 6) is 0.511. The minimum absolute atomic E-state index is 0.0371. The molecule has 4 heteroatoms. The third-order valence-electron chi connectivity index (χ3n) is 2.50. The van der Waals surface area contributed by atoms with Gasteiger partial charge in [-0.05, 0) is 12.3 Å². The molecule has 0 aromatic rings. The Morgan fingerprint density at radius 2 is 2.42 bits per heavy atom. The van der Waals surface area contributed by atoms with Crippen LogP contribution in [0.15, 0.2) is 0 Å². The molecule has 1 aliphatic rings. The summed E-state index contributed by atoms with van der Waals surface area (Å²) in [6, 6.07) is 0.0371. The summed E-state index contributed by atoms with van der Waals surface area (Å²) >= 11 is 3.13. The molecular formula is C8H14BrNO2. The van der Waals surface area contributed by atoms with Crippen molar-refractivity contribution in [3.63, 3.8) is 0 Å². The molecule has 0 radical (unpaired) electrons. The first-order valence-electron chi connectivity index (χ1n) is 4.17. The van der Waals surface area contributed by atoms with Gasteiger partial charge in [0.2, 0.25) is 5.91 Å². The van der Waals surface area contributed by atoms with Crippen LogP contribution >= 0.6 is 15.9 Å². The maximum atomic E-state index is 11.3. The van der Waals surface area contributed by atoms with E-state index in [1.54, 1.807) is 4.90 Å². The highest BCUT2D eigenvalue weighted by atomic mass is 79.9. The predicted octanol–water partition coefficient (Wildman–Crippen LogP) is 0.611. The Bertz CT molecular complexity index is 174. The van der Waals surface area contributed by atoms with Crippen molar-refractivity contribution in [1.29, 1.82) is 0 Å². The lowest BCUT2D eigenvalue weighted by Crippen LogP contribution is -2.40. The van der Waals surface area contributed by atoms with Gasteiger partial charge in [-0.15, -0.1) is 0 Å². The number of aliphatic hydroxyl groups is 1. The molecule has 1 fully saturated rings. The monoisotopic (exact) mass is 235 g/mol. The van der Waals surface area contributed by atoms with Crippen molar-refractivity contribution in [2.45, 2.75) is 19.4 Å². The lowest BCUT2D eigenvalue weighted by molar-refractivity contribution is -0.130. The molecule has 2 unspecified atom stereocenters. The van der Waals surface area contributed by atoms with Crippen molar-refractivity contribution < 1.29 is 9.90 Å². The van der Waals surface area contributed by atoms with E-state index in [4.69, 9.17) is 5.11 Å². The fraction of sp³-hybridized carbons (Fsp3) is 0.875. The second-order valence-corrected chi connectivity index (χ2v) is 3.80. The van der Waals surface area contributed by atoms with E-state index < -0.39 is 0 Å². The molecule has 1 heterocycles. The fourth-order valence-electron chi connectivity index (χ4n) is 1.67. The largest absolute Gasteiger partial charge is 0.394 e. The normalized spacial score (nSPS) is 29.4. The third-order valence-corrected chi connectivity index (χ3v) is 2.98. The number of likely N-dealkylation sites (tertiary alicyclic amines) is 1. The van der Waals surface area contributed by atoms with E-state index in [0.29, 0.717) is 11.2 Å². The molecule has 1 aliphatic heterocycles. The van der Waals surface area contributed by atoms with Crippen molar-refractivity contribution >= 4 is 21.8 Å². The van der Waals surface area contributed by atoms with Crippen molar-refractivity contribution in [1.82, 2.24) is 4.90 Å². The zero-order chi connectivity index (χ0) is 9.14. The number of carbonyl (C=O) groups excluding carboxylic acids is 1. The van der Waals surface area contributed by atoms with Gasteiger partial charge in [-0.25, -0.2) is 0 Å². The van der Waals surface area contributed by atoms with E-state index in [-0.39, 0.29) is 18.6 Å². The first-order chi connectivity index (χ1) is 5.70. The fourth-order valence-corrected chi connectivity index (χ4v) is 2.00. The van der Waals surface area contributed by atoms with Crippen molar-refractivity contribution in [2.75, 3.05) is 18.5 Å². The van der Waals surface area contributed by atoms with Gasteiger partial charge < -0.3 is 10.0 Å². The molecule has 0 aromatic carbocycles. The van der Waals surface area contributed by atoms with Gasteiger partial charge in [0.15, 0.2) is 0 Å². The number of hydrogen-bond acceptors (Lipinski definition) is 2. The van der Waals surface area contributed by atoms with Crippen LogP contribution in [-0.4, -0.2) is 40.4 Å². The molecule has 1 rings (SSSR count). The average Bonchev–Trinajstić information content (AvgIpc) is 2.45. The topological polar surface area (TPSA) is 40.5 Å². The Morgan fingerprint density at radius 3 is 2.92 bits per heavy atom. The lowest BCUT2D eigenvalue weighted by atomic mass is 10.0. The Labute approximate surface area is 80.9 Å². The Morgan fingerprint density at radius 1 is 1.75 bits per heavy atom. The molecule has 12 heavy (non-hydrogen) atoms. The van der Waals surface area contributed by atoms with E-state index in [1.807, 2.05) is 0 Å². The maximum absolute atomic E-state index is 11.3. The molecule has 70 valence electrons. The van der Waals surface area contributed by atoms with Crippen molar-refractivity contribution in [3.05, 3.63) is 0 Å². The minimum Gasteiger partial charge on any atom is -0.394 e. The molecule has 0 aliphatic carbocycles. The molecule has 3 nitrogen and oxygen atoms in total. The number of rotatable bonds is 2. The molecule has 1 N–H and O–H groups in total. The van der Waals surface area contributed by atoms with Gasteiger partial charge in [0.05, 0.1) is 18.0 Å². The summed E-state index contributed by atoms with van der Waals surface area (Å²) in [6.07, 6.45) is 1.00. The molecule has 0 bridgehead atoms. The molecule has 0 spiro atoms. The van der Waals surface area contributed by atoms with Crippen LogP contribution in [0, 0.1) is 5.92 Å². The lowest BCUT2D eigenvalue weighted by Gasteiger charge is -2.24. The van der Waals surface area contributed by atoms with Crippen LogP contribution in [0.25, 0.3) is 0 Å². The van der Waals surface area contributed by atoms with Crippen molar-refractivity contribution in [3.8, 4) is 0 Å². The Kier molecular flexibility index (Phi) is 3.53. The van der Waals surface area contributed by atoms with Gasteiger partial charge in [-0.2, -0.15) is 0 Å². The van der Waals surface area contributed by atoms with E-state index >= 15 is 0 Å². The maximum Gasteiger partial charge on any atom is 0.233 e. The standard InChI is InChI=1S/C8H14BrNO2/c1-6-2-3-10(7(6)5-11)8(12)4-9/h6-7,11H,2-5H2,1H3. The molecule has 2 atom stereocenters. The highest BCUT2D eigenvalue weighted by Gasteiger charge is 2.32. The van der Waals surface area contributed by atoms with Crippen LogP contribution in [0.5, 0.6) is 0 Å². The van der Waals surface area contributed by atoms with Crippen LogP contribution in [0.4, 0.5) is 0 Å². The van der Waals surface area contributed by atoms with Gasteiger partial charge in [0.25, 0.3) is 0 Å². The summed E-state index contributed by atoms with van der Waals surface area (Å²) in [5, 5.41) is 9.40. The third kappa shape index (κ3) is 1.80. The van der Waals surface area contributed by atoms with Crippen LogP contribution < -0.4 is 0 Å². The summed E-state index contributed by atoms with van der Waals surface area (Å²) in [6.45, 7) is 2.94. The van der Waals surface area contributed by atoms with Crippen LogP contribution in [0.3, 0.4) is 0 Å². The minimum atomic E-state index is 0.0371. The van der Waals surface area contributed by atoms with Crippen LogP contribution in [0.2, 0.25) is 0 Å². The summed E-state index contributed by atoms with van der Waals surface area (Å²) in [5.41, 5.74) is 0. The molecular weight excluding hydrogens is 222 g/mol. The summed E-state index contributed by atoms with van der Waals surface area (Å²) in [4.78, 5) is 13.1. The number of hydrogen-bond donors (Lipinski definition) is 1. The second kappa shape index (κ2) is 4.23. The number of alkyl halides is 1. The van der Waals surface area contributed by atoms with Crippen LogP contribution in [0.1, 0.15) is 13.3 Å². The quantitative estimate of drug-likeness (QED) is 0.713. The average molecular weight is 236 g/mol. The van der Waals surface area contributed by atoms with Gasteiger partial charge in [0, 0.05) is 6.54 Å². The number of carbonyl (C=O) groups is 1. The van der Waals surface area contributed by atoms with Gasteiger partial charge in [-0.1, -0.05) is 22.9 Å². The zero-order valence-corrected chi connectivity index (χ0v) is 8.75. The number of nitrogens with zero attached hydrogens (tertiary/aromatic N) is 1. The molecule has 0 aromatic heterocycles. The zero-order valence-electron chi connectivity index (χ0n) is 7.16. The summed E-state index contributed by atoms with van der Waals surface area (Å²) in [7, 11) is 0. The van der Waals surface area contributed by atoms with Gasteiger partial charge >= 0.3 is 0 Å². The smallest absolute Gasteiger partial charge is 0.233 e. The predicted molar refractivity (Wildman–Crippen MR) is 50.2 cm³/mol. The first kappa shape index (κ1) is 9.99. The van der Waals surface area contributed by atoms with E-state index in [2.05, 4.69) is 22.9 Å². The number of halogens is 1. The Balaban J connectivity index is 2.60. The molecule has 1 saturated heterocycles. The SMILES string of the molecule is CC1CCN(C(=O)CBr)C1CO. The highest BCUT2D eigenvalue weighted by Crippen LogP contribution is 2.23. The highest BCUT2D eigenvalue weighted by molar-refractivity contribution is 9.09. The van der Waals surface area contributed by atoms with Crippen molar-refractivity contribution in [2.24, 2.45) is 5.92 Å². The van der Waals surface area contributed by atoms with Gasteiger partial charge in [0.1, 0.15) is 0 Å². The first-order valence-corrected chi connectivity index (χ1v) is 5.29. The Hall–Kier alpha value is -0.0900. The van der Waals surface area contributed by atoms with Crippen LogP contribution in [-0.2, 0) is 4.79 Å². The van der Waals surface area contributed by atoms with E-state index in [0.717, 1.165) is 13.0 Å². The summed E-state index contributed by atoms with van der Waals surface area (Å²) < 4.78 is 0. The number of aliphatic hydroxyl groups excluding tert-OH is 1. The van der Waals surface area contributed by atoms with Gasteiger partial charge in [-0.3, -0.25) is 4.79 Å². The molecule has 0 saturated carbocycles. The number of amides is 1.